The van der Waals surface area contributed by atoms with E-state index in [0.29, 0.717) is 38.8 Å². The zero-order chi connectivity index (χ0) is 18.7. The molecule has 0 aromatic heterocycles. The molecule has 4 rings (SSSR count). The summed E-state index contributed by atoms with van der Waals surface area (Å²) in [5, 5.41) is 6.14. The van der Waals surface area contributed by atoms with Crippen LogP contribution in [0.1, 0.15) is 31.2 Å². The van der Waals surface area contributed by atoms with Crippen molar-refractivity contribution in [2.24, 2.45) is 17.3 Å². The van der Waals surface area contributed by atoms with Crippen molar-refractivity contribution in [2.75, 3.05) is 32.8 Å². The van der Waals surface area contributed by atoms with Gasteiger partial charge < -0.3 is 20.3 Å². The smallest absolute Gasteiger partial charge is 0.317 e. The van der Waals surface area contributed by atoms with Crippen molar-refractivity contribution in [1.82, 2.24) is 15.5 Å². The highest BCUT2D eigenvalue weighted by Gasteiger charge is 2.51. The van der Waals surface area contributed by atoms with Gasteiger partial charge in [-0.25, -0.2) is 4.79 Å². The van der Waals surface area contributed by atoms with Gasteiger partial charge in [0.15, 0.2) is 0 Å². The third-order valence-corrected chi connectivity index (χ3v) is 6.29. The number of nitrogens with zero attached hydrogens (tertiary/aromatic N) is 1. The first-order valence-electron chi connectivity index (χ1n) is 10.1. The van der Waals surface area contributed by atoms with E-state index in [1.807, 2.05) is 35.2 Å². The molecule has 6 nitrogen and oxygen atoms in total. The Bertz CT molecular complexity index is 669. The molecule has 1 unspecified atom stereocenters. The van der Waals surface area contributed by atoms with E-state index in [2.05, 4.69) is 10.6 Å². The Balaban J connectivity index is 1.39. The van der Waals surface area contributed by atoms with Gasteiger partial charge in [0.1, 0.15) is 0 Å². The Morgan fingerprint density at radius 1 is 1.11 bits per heavy atom. The van der Waals surface area contributed by atoms with Gasteiger partial charge in [0, 0.05) is 44.8 Å². The molecule has 0 radical (unpaired) electrons. The lowest BCUT2D eigenvalue weighted by atomic mass is 9.72. The second-order valence-electron chi connectivity index (χ2n) is 8.24. The maximum absolute atomic E-state index is 12.9. The summed E-state index contributed by atoms with van der Waals surface area (Å²) in [5.41, 5.74) is 0.931. The van der Waals surface area contributed by atoms with E-state index in [0.717, 1.165) is 24.9 Å². The standard InChI is InChI=1S/C21H29N3O3/c25-19(22-12-17-6-7-17)18-14-24(15-21(18)8-10-27-11-9-21)20(26)23-13-16-4-2-1-3-5-16/h1-5,17-18H,6-15H2,(H,22,25)(H,23,26). The van der Waals surface area contributed by atoms with Crippen molar-refractivity contribution in [2.45, 2.75) is 32.2 Å². The predicted molar refractivity (Wildman–Crippen MR) is 102 cm³/mol. The summed E-state index contributed by atoms with van der Waals surface area (Å²) >= 11 is 0. The average molecular weight is 371 g/mol. The molecule has 1 atom stereocenters. The van der Waals surface area contributed by atoms with Crippen LogP contribution in [-0.4, -0.2) is 49.7 Å². The Morgan fingerprint density at radius 3 is 2.56 bits per heavy atom. The van der Waals surface area contributed by atoms with Crippen LogP contribution in [0.3, 0.4) is 0 Å². The first-order chi connectivity index (χ1) is 13.2. The monoisotopic (exact) mass is 371 g/mol. The second-order valence-corrected chi connectivity index (χ2v) is 8.24. The fraction of sp³-hybridized carbons (Fsp3) is 0.619. The molecule has 2 N–H and O–H groups in total. The molecule has 1 aliphatic carbocycles. The molecule has 3 aliphatic rings. The van der Waals surface area contributed by atoms with Gasteiger partial charge in [-0.1, -0.05) is 30.3 Å². The molecule has 1 aromatic rings. The Kier molecular flexibility index (Phi) is 5.34. The van der Waals surface area contributed by atoms with Crippen LogP contribution in [0.15, 0.2) is 30.3 Å². The van der Waals surface area contributed by atoms with Crippen molar-refractivity contribution in [3.63, 3.8) is 0 Å². The highest BCUT2D eigenvalue weighted by atomic mass is 16.5. The highest BCUT2D eigenvalue weighted by Crippen LogP contribution is 2.44. The van der Waals surface area contributed by atoms with Crippen LogP contribution in [0.4, 0.5) is 4.79 Å². The van der Waals surface area contributed by atoms with Crippen LogP contribution in [-0.2, 0) is 16.1 Å². The molecule has 1 aromatic carbocycles. The minimum atomic E-state index is -0.143. The van der Waals surface area contributed by atoms with Crippen molar-refractivity contribution < 1.29 is 14.3 Å². The van der Waals surface area contributed by atoms with Gasteiger partial charge in [0.25, 0.3) is 0 Å². The zero-order valence-electron chi connectivity index (χ0n) is 15.8. The van der Waals surface area contributed by atoms with Crippen LogP contribution < -0.4 is 10.6 Å². The largest absolute Gasteiger partial charge is 0.381 e. The van der Waals surface area contributed by atoms with Crippen molar-refractivity contribution >= 4 is 11.9 Å². The predicted octanol–water partition coefficient (Wildman–Crippen LogP) is 2.15. The van der Waals surface area contributed by atoms with Gasteiger partial charge in [0.2, 0.25) is 5.91 Å². The maximum atomic E-state index is 12.9. The van der Waals surface area contributed by atoms with E-state index in [-0.39, 0.29) is 23.3 Å². The van der Waals surface area contributed by atoms with Gasteiger partial charge in [-0.3, -0.25) is 4.79 Å². The Hall–Kier alpha value is -2.08. The number of benzene rings is 1. The first kappa shape index (κ1) is 18.3. The molecule has 2 heterocycles. The molecule has 1 spiro atoms. The number of hydrogen-bond acceptors (Lipinski definition) is 3. The minimum Gasteiger partial charge on any atom is -0.381 e. The quantitative estimate of drug-likeness (QED) is 0.833. The number of amides is 3. The summed E-state index contributed by atoms with van der Waals surface area (Å²) in [5.74, 6) is 0.635. The molecule has 1 saturated carbocycles. The molecule has 146 valence electrons. The number of carbonyl (C=O) groups is 2. The molecule has 3 fully saturated rings. The second kappa shape index (κ2) is 7.89. The molecular weight excluding hydrogens is 342 g/mol. The van der Waals surface area contributed by atoms with Gasteiger partial charge in [-0.05, 0) is 37.2 Å². The summed E-state index contributed by atoms with van der Waals surface area (Å²) in [6.07, 6.45) is 4.13. The van der Waals surface area contributed by atoms with Gasteiger partial charge in [-0.15, -0.1) is 0 Å². The normalized spacial score (nSPS) is 24.0. The molecule has 2 aliphatic heterocycles. The third kappa shape index (κ3) is 4.26. The summed E-state index contributed by atoms with van der Waals surface area (Å²) in [6.45, 7) is 3.76. The average Bonchev–Trinajstić information content (AvgIpc) is 3.47. The number of ether oxygens (including phenoxy) is 1. The number of rotatable bonds is 5. The SMILES string of the molecule is O=C(NCC1CC1)C1CN(C(=O)NCc2ccccc2)CC12CCOCC2. The molecule has 6 heteroatoms. The fourth-order valence-electron chi connectivity index (χ4n) is 4.34. The Morgan fingerprint density at radius 2 is 1.85 bits per heavy atom. The lowest BCUT2D eigenvalue weighted by Gasteiger charge is -2.37. The zero-order valence-corrected chi connectivity index (χ0v) is 15.8. The van der Waals surface area contributed by atoms with E-state index < -0.39 is 0 Å². The summed E-state index contributed by atoms with van der Waals surface area (Å²) in [7, 11) is 0. The summed E-state index contributed by atoms with van der Waals surface area (Å²) in [6, 6.07) is 9.81. The minimum absolute atomic E-state index is 0.0813. The van der Waals surface area contributed by atoms with Gasteiger partial charge in [0.05, 0.1) is 5.92 Å². The summed E-state index contributed by atoms with van der Waals surface area (Å²) < 4.78 is 5.54. The van der Waals surface area contributed by atoms with Crippen LogP contribution in [0.25, 0.3) is 0 Å². The van der Waals surface area contributed by atoms with Crippen molar-refractivity contribution in [3.8, 4) is 0 Å². The number of carbonyl (C=O) groups excluding carboxylic acids is 2. The number of nitrogens with one attached hydrogen (secondary N) is 2. The maximum Gasteiger partial charge on any atom is 0.317 e. The van der Waals surface area contributed by atoms with Crippen molar-refractivity contribution in [1.29, 1.82) is 0 Å². The van der Waals surface area contributed by atoms with Crippen LogP contribution >= 0.6 is 0 Å². The van der Waals surface area contributed by atoms with Crippen LogP contribution in [0.2, 0.25) is 0 Å². The van der Waals surface area contributed by atoms with E-state index in [4.69, 9.17) is 4.74 Å². The number of urea groups is 1. The molecule has 0 bridgehead atoms. The van der Waals surface area contributed by atoms with Gasteiger partial charge >= 0.3 is 6.03 Å². The Labute approximate surface area is 160 Å². The van der Waals surface area contributed by atoms with Gasteiger partial charge in [-0.2, -0.15) is 0 Å². The fourth-order valence-corrected chi connectivity index (χ4v) is 4.34. The van der Waals surface area contributed by atoms with E-state index >= 15 is 0 Å². The number of hydrogen-bond donors (Lipinski definition) is 2. The molecule has 2 saturated heterocycles. The molecular formula is C21H29N3O3. The van der Waals surface area contributed by atoms with E-state index in [1.165, 1.54) is 12.8 Å². The third-order valence-electron chi connectivity index (χ3n) is 6.29. The number of likely N-dealkylation sites (tertiary alicyclic amines) is 1. The summed E-state index contributed by atoms with van der Waals surface area (Å²) in [4.78, 5) is 27.5. The lowest BCUT2D eigenvalue weighted by molar-refractivity contribution is -0.129. The first-order valence-corrected chi connectivity index (χ1v) is 10.1. The van der Waals surface area contributed by atoms with E-state index in [9.17, 15) is 9.59 Å². The highest BCUT2D eigenvalue weighted by molar-refractivity contribution is 5.82. The van der Waals surface area contributed by atoms with Crippen LogP contribution in [0.5, 0.6) is 0 Å². The van der Waals surface area contributed by atoms with E-state index in [1.54, 1.807) is 0 Å². The van der Waals surface area contributed by atoms with Crippen LogP contribution in [0, 0.1) is 17.3 Å². The topological polar surface area (TPSA) is 70.7 Å². The molecule has 27 heavy (non-hydrogen) atoms. The lowest BCUT2D eigenvalue weighted by Crippen LogP contribution is -2.44. The van der Waals surface area contributed by atoms with Crippen molar-refractivity contribution in [3.05, 3.63) is 35.9 Å². The molecule has 3 amide bonds.